The van der Waals surface area contributed by atoms with Gasteiger partial charge in [0.15, 0.2) is 0 Å². The highest BCUT2D eigenvalue weighted by Crippen LogP contribution is 2.19. The number of hydrogen-bond acceptors (Lipinski definition) is 4. The molecule has 4 nitrogen and oxygen atoms in total. The summed E-state index contributed by atoms with van der Waals surface area (Å²) in [5, 5.41) is 6.74. The van der Waals surface area contributed by atoms with Gasteiger partial charge in [-0.05, 0) is 36.6 Å². The summed E-state index contributed by atoms with van der Waals surface area (Å²) in [4.78, 5) is 1.21. The van der Waals surface area contributed by atoms with Crippen LogP contribution in [0, 0.1) is 0 Å². The van der Waals surface area contributed by atoms with Crippen LogP contribution < -0.4 is 5.73 Å². The van der Waals surface area contributed by atoms with Crippen LogP contribution >= 0.6 is 11.5 Å². The maximum absolute atomic E-state index is 5.45. The average Bonchev–Trinajstić information content (AvgIpc) is 2.70. The fourth-order valence-corrected chi connectivity index (χ4v) is 1.84. The summed E-state index contributed by atoms with van der Waals surface area (Å²) in [7, 11) is 0. The van der Waals surface area contributed by atoms with Gasteiger partial charge in [0.1, 0.15) is 5.69 Å². The third kappa shape index (κ3) is 1.76. The Balaban J connectivity index is 2.23. The molecule has 68 valence electrons. The molecule has 0 spiro atoms. The van der Waals surface area contributed by atoms with Gasteiger partial charge in [0.05, 0.1) is 5.69 Å². The third-order valence-corrected chi connectivity index (χ3v) is 2.57. The number of hydrogen-bond donors (Lipinski definition) is 2. The smallest absolute Gasteiger partial charge is 0.102 e. The fraction of sp³-hybridized carbons (Fsp3) is 0.250. The summed E-state index contributed by atoms with van der Waals surface area (Å²) in [6, 6.07) is 3.95. The third-order valence-electron chi connectivity index (χ3n) is 1.73. The minimum absolute atomic E-state index is 0.671. The monoisotopic (exact) mass is 194 g/mol. The van der Waals surface area contributed by atoms with Crippen LogP contribution in [-0.2, 0) is 6.42 Å². The lowest BCUT2D eigenvalue weighted by Gasteiger charge is -1.87. The second-order valence-electron chi connectivity index (χ2n) is 2.69. The van der Waals surface area contributed by atoms with E-state index in [-0.39, 0.29) is 0 Å². The minimum Gasteiger partial charge on any atom is -0.330 e. The Morgan fingerprint density at radius 3 is 3.15 bits per heavy atom. The molecule has 2 heterocycles. The van der Waals surface area contributed by atoms with Crippen LogP contribution in [0.1, 0.15) is 4.88 Å². The molecular weight excluding hydrogens is 184 g/mol. The summed E-state index contributed by atoms with van der Waals surface area (Å²) in [6.45, 7) is 0.671. The van der Waals surface area contributed by atoms with E-state index in [1.165, 1.54) is 16.4 Å². The topological polar surface area (TPSA) is 67.6 Å². The number of nitrogens with one attached hydrogen (secondary N) is 1. The van der Waals surface area contributed by atoms with Gasteiger partial charge < -0.3 is 5.73 Å². The van der Waals surface area contributed by atoms with Gasteiger partial charge in [-0.1, -0.05) is 0 Å². The summed E-state index contributed by atoms with van der Waals surface area (Å²) in [5.74, 6) is 0. The standard InChI is InChI=1S/C8H10N4S/c9-3-1-6-5-8(12-13-6)7-2-4-10-11-7/h2,4-5H,1,3,9H2,(H,10,11). The number of aromatic nitrogens is 3. The highest BCUT2D eigenvalue weighted by atomic mass is 32.1. The van der Waals surface area contributed by atoms with Crippen LogP contribution in [0.15, 0.2) is 18.3 Å². The van der Waals surface area contributed by atoms with E-state index in [4.69, 9.17) is 5.73 Å². The number of H-pyrrole nitrogens is 1. The van der Waals surface area contributed by atoms with Crippen molar-refractivity contribution >= 4 is 11.5 Å². The van der Waals surface area contributed by atoms with Crippen LogP contribution in [0.2, 0.25) is 0 Å². The van der Waals surface area contributed by atoms with Crippen molar-refractivity contribution in [1.29, 1.82) is 0 Å². The van der Waals surface area contributed by atoms with E-state index in [0.717, 1.165) is 17.8 Å². The normalized spacial score (nSPS) is 10.5. The SMILES string of the molecule is NCCc1cc(-c2ccn[nH]2)ns1. The van der Waals surface area contributed by atoms with Gasteiger partial charge >= 0.3 is 0 Å². The van der Waals surface area contributed by atoms with Crippen molar-refractivity contribution in [2.45, 2.75) is 6.42 Å². The van der Waals surface area contributed by atoms with E-state index in [0.29, 0.717) is 6.54 Å². The summed E-state index contributed by atoms with van der Waals surface area (Å²) < 4.78 is 4.29. The van der Waals surface area contributed by atoms with Gasteiger partial charge in [-0.2, -0.15) is 9.47 Å². The Hall–Kier alpha value is -1.20. The molecule has 0 saturated heterocycles. The minimum atomic E-state index is 0.671. The lowest BCUT2D eigenvalue weighted by Crippen LogP contribution is -2.00. The van der Waals surface area contributed by atoms with Crippen molar-refractivity contribution in [1.82, 2.24) is 14.6 Å². The van der Waals surface area contributed by atoms with Gasteiger partial charge in [-0.3, -0.25) is 5.10 Å². The number of rotatable bonds is 3. The van der Waals surface area contributed by atoms with Crippen molar-refractivity contribution in [2.24, 2.45) is 5.73 Å². The maximum Gasteiger partial charge on any atom is 0.102 e. The number of aromatic amines is 1. The predicted octanol–water partition coefficient (Wildman–Crippen LogP) is 1.03. The van der Waals surface area contributed by atoms with Gasteiger partial charge in [0.2, 0.25) is 0 Å². The molecule has 0 aliphatic carbocycles. The largest absolute Gasteiger partial charge is 0.330 e. The van der Waals surface area contributed by atoms with Crippen molar-refractivity contribution in [3.05, 3.63) is 23.2 Å². The zero-order valence-electron chi connectivity index (χ0n) is 7.03. The molecule has 13 heavy (non-hydrogen) atoms. The molecule has 0 amide bonds. The molecule has 0 radical (unpaired) electrons. The second-order valence-corrected chi connectivity index (χ2v) is 3.58. The molecule has 2 rings (SSSR count). The molecule has 5 heteroatoms. The molecular formula is C8H10N4S. The van der Waals surface area contributed by atoms with Crippen molar-refractivity contribution in [3.8, 4) is 11.4 Å². The predicted molar refractivity (Wildman–Crippen MR) is 52.5 cm³/mol. The van der Waals surface area contributed by atoms with Gasteiger partial charge in [-0.25, -0.2) is 0 Å². The molecule has 0 aromatic carbocycles. The Kier molecular flexibility index (Phi) is 2.37. The molecule has 0 saturated carbocycles. The molecule has 0 bridgehead atoms. The first-order valence-corrected chi connectivity index (χ1v) is 4.83. The van der Waals surface area contributed by atoms with E-state index in [2.05, 4.69) is 14.6 Å². The number of nitrogens with two attached hydrogens (primary N) is 1. The van der Waals surface area contributed by atoms with E-state index < -0.39 is 0 Å². The molecule has 2 aromatic heterocycles. The molecule has 0 aliphatic heterocycles. The zero-order valence-corrected chi connectivity index (χ0v) is 7.84. The van der Waals surface area contributed by atoms with E-state index in [1.54, 1.807) is 6.20 Å². The Morgan fingerprint density at radius 2 is 2.46 bits per heavy atom. The van der Waals surface area contributed by atoms with Crippen LogP contribution in [0.5, 0.6) is 0 Å². The first-order chi connectivity index (χ1) is 6.40. The van der Waals surface area contributed by atoms with Gasteiger partial charge in [0.25, 0.3) is 0 Å². The van der Waals surface area contributed by atoms with Crippen molar-refractivity contribution in [2.75, 3.05) is 6.54 Å². The molecule has 0 aliphatic rings. The van der Waals surface area contributed by atoms with E-state index >= 15 is 0 Å². The Bertz CT molecular complexity index is 365. The average molecular weight is 194 g/mol. The maximum atomic E-state index is 5.45. The zero-order chi connectivity index (χ0) is 9.10. The van der Waals surface area contributed by atoms with Crippen LogP contribution in [0.3, 0.4) is 0 Å². The highest BCUT2D eigenvalue weighted by Gasteiger charge is 2.04. The van der Waals surface area contributed by atoms with Crippen LogP contribution in [0.25, 0.3) is 11.4 Å². The molecule has 0 fully saturated rings. The lowest BCUT2D eigenvalue weighted by atomic mass is 10.2. The molecule has 2 aromatic rings. The van der Waals surface area contributed by atoms with Crippen LogP contribution in [0.4, 0.5) is 0 Å². The lowest BCUT2D eigenvalue weighted by molar-refractivity contribution is 0.988. The molecule has 3 N–H and O–H groups in total. The summed E-state index contributed by atoms with van der Waals surface area (Å²) in [5.41, 5.74) is 7.36. The van der Waals surface area contributed by atoms with E-state index in [9.17, 15) is 0 Å². The van der Waals surface area contributed by atoms with Crippen LogP contribution in [-0.4, -0.2) is 21.1 Å². The van der Waals surface area contributed by atoms with Crippen molar-refractivity contribution in [3.63, 3.8) is 0 Å². The van der Waals surface area contributed by atoms with Gasteiger partial charge in [0, 0.05) is 11.1 Å². The highest BCUT2D eigenvalue weighted by molar-refractivity contribution is 7.06. The molecule has 0 atom stereocenters. The Morgan fingerprint density at radius 1 is 1.54 bits per heavy atom. The summed E-state index contributed by atoms with van der Waals surface area (Å²) >= 11 is 1.49. The number of nitrogens with zero attached hydrogens (tertiary/aromatic N) is 2. The fourth-order valence-electron chi connectivity index (χ4n) is 1.10. The quantitative estimate of drug-likeness (QED) is 0.767. The second kappa shape index (κ2) is 3.68. The van der Waals surface area contributed by atoms with E-state index in [1.807, 2.05) is 12.1 Å². The van der Waals surface area contributed by atoms with Gasteiger partial charge in [-0.15, -0.1) is 0 Å². The summed E-state index contributed by atoms with van der Waals surface area (Å²) in [6.07, 6.45) is 2.61. The Labute approximate surface area is 80.0 Å². The first kappa shape index (κ1) is 8.40. The molecule has 0 unspecified atom stereocenters. The first-order valence-electron chi connectivity index (χ1n) is 4.05. The van der Waals surface area contributed by atoms with Crippen molar-refractivity contribution < 1.29 is 0 Å².